The van der Waals surface area contributed by atoms with E-state index in [2.05, 4.69) is 22.5 Å². The molecule has 3 aromatic heterocycles. The molecule has 0 aliphatic heterocycles. The number of aryl methyl sites for hydroxylation is 1. The number of aromatic nitrogens is 2. The summed E-state index contributed by atoms with van der Waals surface area (Å²) in [6.07, 6.45) is 5.50. The first-order valence-electron chi connectivity index (χ1n) is 6.88. The van der Waals surface area contributed by atoms with E-state index in [-0.39, 0.29) is 0 Å². The molecule has 3 aromatic rings. The summed E-state index contributed by atoms with van der Waals surface area (Å²) in [4.78, 5) is 10.8. The molecule has 1 aliphatic rings. The second-order valence-electron chi connectivity index (χ2n) is 5.18. The Labute approximate surface area is 125 Å². The number of thiazole rings is 1. The first-order chi connectivity index (χ1) is 9.85. The molecule has 0 aromatic carbocycles. The van der Waals surface area contributed by atoms with Gasteiger partial charge in [-0.2, -0.15) is 0 Å². The second-order valence-corrected chi connectivity index (χ2v) is 7.21. The molecular formula is C15H15N3S2. The van der Waals surface area contributed by atoms with Crippen LogP contribution in [-0.2, 0) is 6.42 Å². The zero-order chi connectivity index (χ0) is 13.5. The van der Waals surface area contributed by atoms with Gasteiger partial charge in [-0.1, -0.05) is 0 Å². The summed E-state index contributed by atoms with van der Waals surface area (Å²) in [5, 5.41) is 3.18. The van der Waals surface area contributed by atoms with Crippen LogP contribution in [0.25, 0.3) is 20.8 Å². The summed E-state index contributed by atoms with van der Waals surface area (Å²) in [5.74, 6) is 0.446. The van der Waals surface area contributed by atoms with Crippen molar-refractivity contribution in [1.82, 2.24) is 9.97 Å². The summed E-state index contributed by atoms with van der Waals surface area (Å²) < 4.78 is 1.23. The van der Waals surface area contributed by atoms with Gasteiger partial charge in [-0.25, -0.2) is 4.98 Å². The third-order valence-corrected chi connectivity index (χ3v) is 5.94. The maximum absolute atomic E-state index is 5.88. The standard InChI is InChI=1S/C15H15N3S2/c16-7-9-2-1-3-12-14(9)18-15(20-12)10-6-13-11(17-8-10)4-5-19-13/h4-6,8-9H,1-3,7,16H2. The maximum Gasteiger partial charge on any atom is 0.125 e. The normalized spacial score (nSPS) is 18.4. The number of hydrogen-bond donors (Lipinski definition) is 1. The van der Waals surface area contributed by atoms with Crippen LogP contribution in [0.2, 0.25) is 0 Å². The van der Waals surface area contributed by atoms with Crippen LogP contribution in [0.15, 0.2) is 23.7 Å². The Kier molecular flexibility index (Phi) is 3.06. The molecule has 102 valence electrons. The largest absolute Gasteiger partial charge is 0.330 e. The van der Waals surface area contributed by atoms with Crippen LogP contribution < -0.4 is 5.73 Å². The Balaban J connectivity index is 1.80. The van der Waals surface area contributed by atoms with Crippen molar-refractivity contribution < 1.29 is 0 Å². The first kappa shape index (κ1) is 12.4. The van der Waals surface area contributed by atoms with E-state index >= 15 is 0 Å². The van der Waals surface area contributed by atoms with Crippen LogP contribution in [0.5, 0.6) is 0 Å². The van der Waals surface area contributed by atoms with Gasteiger partial charge in [-0.3, -0.25) is 4.98 Å². The van der Waals surface area contributed by atoms with Gasteiger partial charge in [0.15, 0.2) is 0 Å². The zero-order valence-corrected chi connectivity index (χ0v) is 12.6. The summed E-state index contributed by atoms with van der Waals surface area (Å²) in [6.45, 7) is 0.707. The molecule has 20 heavy (non-hydrogen) atoms. The van der Waals surface area contributed by atoms with E-state index in [0.717, 1.165) is 22.5 Å². The molecule has 0 radical (unpaired) electrons. The molecular weight excluding hydrogens is 286 g/mol. The van der Waals surface area contributed by atoms with Crippen LogP contribution in [0.1, 0.15) is 29.3 Å². The van der Waals surface area contributed by atoms with Crippen LogP contribution in [0.3, 0.4) is 0 Å². The second kappa shape index (κ2) is 4.91. The van der Waals surface area contributed by atoms with Gasteiger partial charge in [0.2, 0.25) is 0 Å². The van der Waals surface area contributed by atoms with Gasteiger partial charge in [-0.05, 0) is 36.8 Å². The van der Waals surface area contributed by atoms with Crippen molar-refractivity contribution in [1.29, 1.82) is 0 Å². The highest BCUT2D eigenvalue weighted by Gasteiger charge is 2.24. The highest BCUT2D eigenvalue weighted by molar-refractivity contribution is 7.17. The molecule has 1 atom stereocenters. The average molecular weight is 301 g/mol. The lowest BCUT2D eigenvalue weighted by atomic mass is 9.91. The maximum atomic E-state index is 5.88. The first-order valence-corrected chi connectivity index (χ1v) is 8.58. The van der Waals surface area contributed by atoms with Gasteiger partial charge in [0.05, 0.1) is 15.9 Å². The van der Waals surface area contributed by atoms with E-state index in [1.807, 2.05) is 17.5 Å². The van der Waals surface area contributed by atoms with Crippen molar-refractivity contribution in [3.05, 3.63) is 34.3 Å². The number of fused-ring (bicyclic) bond motifs is 2. The quantitative estimate of drug-likeness (QED) is 0.783. The lowest BCUT2D eigenvalue weighted by Gasteiger charge is -2.18. The molecule has 3 nitrogen and oxygen atoms in total. The lowest BCUT2D eigenvalue weighted by molar-refractivity contribution is 0.554. The molecule has 0 fully saturated rings. The fourth-order valence-electron chi connectivity index (χ4n) is 2.82. The van der Waals surface area contributed by atoms with Gasteiger partial charge >= 0.3 is 0 Å². The van der Waals surface area contributed by atoms with Gasteiger partial charge in [0, 0.05) is 29.1 Å². The minimum atomic E-state index is 0.446. The van der Waals surface area contributed by atoms with Crippen LogP contribution in [0, 0.1) is 0 Å². The SMILES string of the molecule is NCC1CCCc2sc(-c3cnc4ccsc4c3)nc21. The van der Waals surface area contributed by atoms with Gasteiger partial charge < -0.3 is 5.73 Å². The molecule has 1 aliphatic carbocycles. The number of nitrogens with two attached hydrogens (primary N) is 1. The number of nitrogens with zero attached hydrogens (tertiary/aromatic N) is 2. The molecule has 0 bridgehead atoms. The Morgan fingerprint density at radius 1 is 1.40 bits per heavy atom. The predicted molar refractivity (Wildman–Crippen MR) is 85.5 cm³/mol. The van der Waals surface area contributed by atoms with Gasteiger partial charge in [0.25, 0.3) is 0 Å². The van der Waals surface area contributed by atoms with Crippen molar-refractivity contribution in [2.75, 3.05) is 6.54 Å². The van der Waals surface area contributed by atoms with Crippen molar-refractivity contribution >= 4 is 32.9 Å². The topological polar surface area (TPSA) is 51.8 Å². The van der Waals surface area contributed by atoms with Crippen molar-refractivity contribution in [2.24, 2.45) is 5.73 Å². The molecule has 0 amide bonds. The van der Waals surface area contributed by atoms with Crippen LogP contribution in [0.4, 0.5) is 0 Å². The third-order valence-electron chi connectivity index (χ3n) is 3.90. The number of thiophene rings is 1. The minimum Gasteiger partial charge on any atom is -0.330 e. The van der Waals surface area contributed by atoms with E-state index in [0.29, 0.717) is 12.5 Å². The average Bonchev–Trinajstić information content (AvgIpc) is 3.11. The number of pyridine rings is 1. The minimum absolute atomic E-state index is 0.446. The summed E-state index contributed by atoms with van der Waals surface area (Å²) in [7, 11) is 0. The van der Waals surface area contributed by atoms with E-state index < -0.39 is 0 Å². The van der Waals surface area contributed by atoms with Crippen LogP contribution >= 0.6 is 22.7 Å². The molecule has 2 N–H and O–H groups in total. The van der Waals surface area contributed by atoms with Gasteiger partial charge in [-0.15, -0.1) is 22.7 Å². The van der Waals surface area contributed by atoms with Crippen LogP contribution in [-0.4, -0.2) is 16.5 Å². The highest BCUT2D eigenvalue weighted by atomic mass is 32.1. The summed E-state index contributed by atoms with van der Waals surface area (Å²) in [6, 6.07) is 4.26. The summed E-state index contributed by atoms with van der Waals surface area (Å²) in [5.41, 5.74) is 9.32. The molecule has 4 rings (SSSR count). The predicted octanol–water partition coefficient (Wildman–Crippen LogP) is 3.80. The Bertz CT molecular complexity index is 759. The Morgan fingerprint density at radius 3 is 3.25 bits per heavy atom. The van der Waals surface area contributed by atoms with E-state index in [4.69, 9.17) is 10.7 Å². The van der Waals surface area contributed by atoms with Gasteiger partial charge in [0.1, 0.15) is 5.01 Å². The Morgan fingerprint density at radius 2 is 2.35 bits per heavy atom. The van der Waals surface area contributed by atoms with E-state index in [1.54, 1.807) is 11.3 Å². The van der Waals surface area contributed by atoms with Crippen molar-refractivity contribution in [2.45, 2.75) is 25.2 Å². The number of hydrogen-bond acceptors (Lipinski definition) is 5. The zero-order valence-electron chi connectivity index (χ0n) is 11.0. The molecule has 5 heteroatoms. The fraction of sp³-hybridized carbons (Fsp3) is 0.333. The number of rotatable bonds is 2. The highest BCUT2D eigenvalue weighted by Crippen LogP contribution is 2.38. The Hall–Kier alpha value is -1.30. The molecule has 0 saturated carbocycles. The molecule has 1 unspecified atom stereocenters. The van der Waals surface area contributed by atoms with E-state index in [1.165, 1.54) is 28.1 Å². The van der Waals surface area contributed by atoms with E-state index in [9.17, 15) is 0 Å². The van der Waals surface area contributed by atoms with Crippen molar-refractivity contribution in [3.63, 3.8) is 0 Å². The van der Waals surface area contributed by atoms with Crippen molar-refractivity contribution in [3.8, 4) is 10.6 Å². The third kappa shape index (κ3) is 1.97. The summed E-state index contributed by atoms with van der Waals surface area (Å²) >= 11 is 3.55. The molecule has 0 spiro atoms. The molecule has 0 saturated heterocycles. The monoisotopic (exact) mass is 301 g/mol. The molecule has 3 heterocycles. The fourth-order valence-corrected chi connectivity index (χ4v) is 4.77. The smallest absolute Gasteiger partial charge is 0.125 e. The lowest BCUT2D eigenvalue weighted by Crippen LogP contribution is -2.17.